The van der Waals surface area contributed by atoms with Gasteiger partial charge in [0.1, 0.15) is 12.4 Å². The van der Waals surface area contributed by atoms with E-state index in [-0.39, 0.29) is 6.04 Å². The first-order valence-corrected chi connectivity index (χ1v) is 7.19. The summed E-state index contributed by atoms with van der Waals surface area (Å²) >= 11 is 0. The predicted octanol–water partition coefficient (Wildman–Crippen LogP) is 3.34. The van der Waals surface area contributed by atoms with Gasteiger partial charge in [0, 0.05) is 17.7 Å². The van der Waals surface area contributed by atoms with E-state index in [4.69, 9.17) is 9.47 Å². The molecule has 4 heteroatoms. The minimum atomic E-state index is 0.254. The third kappa shape index (κ3) is 4.20. The molecule has 112 valence electrons. The summed E-state index contributed by atoms with van der Waals surface area (Å²) < 4.78 is 11.1. The number of hydrogen-bond donors (Lipinski definition) is 1. The number of pyridine rings is 1. The van der Waals surface area contributed by atoms with Gasteiger partial charge in [0.2, 0.25) is 5.88 Å². The first-order valence-electron chi connectivity index (χ1n) is 7.19. The summed E-state index contributed by atoms with van der Waals surface area (Å²) in [6, 6.07) is 14.0. The summed E-state index contributed by atoms with van der Waals surface area (Å²) in [5.74, 6) is 1.49. The Balaban J connectivity index is 2.09. The molecule has 0 radical (unpaired) electrons. The SMILES string of the molecule is CCNC(C)c1ccccc1OCc1cccc(OC)n1. The van der Waals surface area contributed by atoms with Crippen LogP contribution in [0, 0.1) is 0 Å². The maximum Gasteiger partial charge on any atom is 0.213 e. The van der Waals surface area contributed by atoms with Crippen LogP contribution < -0.4 is 14.8 Å². The van der Waals surface area contributed by atoms with E-state index in [0.29, 0.717) is 12.5 Å². The minimum Gasteiger partial charge on any atom is -0.487 e. The van der Waals surface area contributed by atoms with Crippen molar-refractivity contribution in [2.45, 2.75) is 26.5 Å². The number of benzene rings is 1. The Bertz CT molecular complexity index is 572. The van der Waals surface area contributed by atoms with Crippen LogP contribution in [0.4, 0.5) is 0 Å². The number of methoxy groups -OCH3 is 1. The van der Waals surface area contributed by atoms with Crippen molar-refractivity contribution in [3.05, 3.63) is 53.7 Å². The lowest BCUT2D eigenvalue weighted by Crippen LogP contribution is -2.18. The van der Waals surface area contributed by atoms with Crippen LogP contribution in [0.5, 0.6) is 11.6 Å². The molecule has 1 aromatic heterocycles. The van der Waals surface area contributed by atoms with E-state index in [1.807, 2.05) is 36.4 Å². The Labute approximate surface area is 126 Å². The quantitative estimate of drug-likeness (QED) is 0.847. The Morgan fingerprint density at radius 3 is 2.71 bits per heavy atom. The van der Waals surface area contributed by atoms with Crippen molar-refractivity contribution in [3.8, 4) is 11.6 Å². The van der Waals surface area contributed by atoms with E-state index in [2.05, 4.69) is 30.2 Å². The molecule has 1 aromatic carbocycles. The van der Waals surface area contributed by atoms with Crippen molar-refractivity contribution >= 4 is 0 Å². The van der Waals surface area contributed by atoms with Gasteiger partial charge in [-0.15, -0.1) is 0 Å². The van der Waals surface area contributed by atoms with Crippen LogP contribution in [0.3, 0.4) is 0 Å². The molecule has 1 atom stereocenters. The standard InChI is InChI=1S/C17H22N2O2/c1-4-18-13(2)15-9-5-6-10-16(15)21-12-14-8-7-11-17(19-14)20-3/h5-11,13,18H,4,12H2,1-3H3. The van der Waals surface area contributed by atoms with Crippen LogP contribution in [0.1, 0.15) is 31.1 Å². The lowest BCUT2D eigenvalue weighted by Gasteiger charge is -2.17. The summed E-state index contributed by atoms with van der Waals surface area (Å²) in [5, 5.41) is 3.40. The van der Waals surface area contributed by atoms with E-state index in [0.717, 1.165) is 23.6 Å². The highest BCUT2D eigenvalue weighted by Gasteiger charge is 2.10. The number of ether oxygens (including phenoxy) is 2. The van der Waals surface area contributed by atoms with Crippen LogP contribution in [-0.2, 0) is 6.61 Å². The molecule has 2 aromatic rings. The van der Waals surface area contributed by atoms with Gasteiger partial charge in [-0.05, 0) is 25.6 Å². The van der Waals surface area contributed by atoms with E-state index >= 15 is 0 Å². The van der Waals surface area contributed by atoms with E-state index < -0.39 is 0 Å². The van der Waals surface area contributed by atoms with Crippen LogP contribution in [0.15, 0.2) is 42.5 Å². The van der Waals surface area contributed by atoms with Gasteiger partial charge >= 0.3 is 0 Å². The highest BCUT2D eigenvalue weighted by Crippen LogP contribution is 2.25. The molecule has 0 aliphatic rings. The van der Waals surface area contributed by atoms with Crippen molar-refractivity contribution < 1.29 is 9.47 Å². The van der Waals surface area contributed by atoms with Crippen molar-refractivity contribution in [1.29, 1.82) is 0 Å². The molecule has 0 amide bonds. The van der Waals surface area contributed by atoms with Gasteiger partial charge in [-0.2, -0.15) is 0 Å². The molecular formula is C17H22N2O2. The lowest BCUT2D eigenvalue weighted by atomic mass is 10.1. The van der Waals surface area contributed by atoms with Crippen molar-refractivity contribution in [2.24, 2.45) is 0 Å². The molecule has 2 rings (SSSR count). The molecule has 0 spiro atoms. The molecule has 0 saturated carbocycles. The summed E-state index contributed by atoms with van der Waals surface area (Å²) in [6.45, 7) is 5.58. The number of para-hydroxylation sites is 1. The first-order chi connectivity index (χ1) is 10.2. The van der Waals surface area contributed by atoms with Gasteiger partial charge in [0.05, 0.1) is 12.8 Å². The molecule has 1 unspecified atom stereocenters. The van der Waals surface area contributed by atoms with Gasteiger partial charge < -0.3 is 14.8 Å². The third-order valence-electron chi connectivity index (χ3n) is 3.26. The largest absolute Gasteiger partial charge is 0.487 e. The average molecular weight is 286 g/mol. The van der Waals surface area contributed by atoms with E-state index in [1.54, 1.807) is 7.11 Å². The average Bonchev–Trinajstić information content (AvgIpc) is 2.53. The highest BCUT2D eigenvalue weighted by molar-refractivity contribution is 5.35. The van der Waals surface area contributed by atoms with Crippen molar-refractivity contribution in [1.82, 2.24) is 10.3 Å². The fraction of sp³-hybridized carbons (Fsp3) is 0.353. The molecule has 21 heavy (non-hydrogen) atoms. The molecule has 0 aliphatic heterocycles. The Hall–Kier alpha value is -2.07. The summed E-state index contributed by atoms with van der Waals surface area (Å²) in [4.78, 5) is 4.35. The van der Waals surface area contributed by atoms with E-state index in [9.17, 15) is 0 Å². The zero-order chi connectivity index (χ0) is 15.1. The summed E-state index contributed by atoms with van der Waals surface area (Å²) in [6.07, 6.45) is 0. The number of nitrogens with one attached hydrogen (secondary N) is 1. The van der Waals surface area contributed by atoms with Gasteiger partial charge in [0.25, 0.3) is 0 Å². The summed E-state index contributed by atoms with van der Waals surface area (Å²) in [5.41, 5.74) is 2.00. The molecule has 0 saturated heterocycles. The number of hydrogen-bond acceptors (Lipinski definition) is 4. The second kappa shape index (κ2) is 7.64. The van der Waals surface area contributed by atoms with Crippen LogP contribution in [0.2, 0.25) is 0 Å². The van der Waals surface area contributed by atoms with Gasteiger partial charge in [-0.1, -0.05) is 31.2 Å². The lowest BCUT2D eigenvalue weighted by molar-refractivity contribution is 0.292. The number of nitrogens with zero attached hydrogens (tertiary/aromatic N) is 1. The smallest absolute Gasteiger partial charge is 0.213 e. The van der Waals surface area contributed by atoms with E-state index in [1.165, 1.54) is 0 Å². The van der Waals surface area contributed by atoms with Crippen molar-refractivity contribution in [3.63, 3.8) is 0 Å². The first kappa shape index (κ1) is 15.3. The van der Waals surface area contributed by atoms with Crippen LogP contribution in [-0.4, -0.2) is 18.6 Å². The normalized spacial score (nSPS) is 12.0. The maximum absolute atomic E-state index is 5.93. The minimum absolute atomic E-state index is 0.254. The predicted molar refractivity (Wildman–Crippen MR) is 83.7 cm³/mol. The number of aromatic nitrogens is 1. The summed E-state index contributed by atoms with van der Waals surface area (Å²) in [7, 11) is 1.61. The zero-order valence-electron chi connectivity index (χ0n) is 12.8. The highest BCUT2D eigenvalue weighted by atomic mass is 16.5. The van der Waals surface area contributed by atoms with Crippen molar-refractivity contribution in [2.75, 3.05) is 13.7 Å². The molecule has 4 nitrogen and oxygen atoms in total. The Kier molecular flexibility index (Phi) is 5.58. The second-order valence-corrected chi connectivity index (χ2v) is 4.78. The van der Waals surface area contributed by atoms with Crippen LogP contribution in [0.25, 0.3) is 0 Å². The molecular weight excluding hydrogens is 264 g/mol. The van der Waals surface area contributed by atoms with Gasteiger partial charge in [0.15, 0.2) is 0 Å². The molecule has 0 fully saturated rings. The Morgan fingerprint density at radius 1 is 1.14 bits per heavy atom. The number of rotatable bonds is 7. The monoisotopic (exact) mass is 286 g/mol. The topological polar surface area (TPSA) is 43.4 Å². The fourth-order valence-electron chi connectivity index (χ4n) is 2.19. The second-order valence-electron chi connectivity index (χ2n) is 4.78. The molecule has 0 aliphatic carbocycles. The van der Waals surface area contributed by atoms with Gasteiger partial charge in [-0.25, -0.2) is 4.98 Å². The van der Waals surface area contributed by atoms with Gasteiger partial charge in [-0.3, -0.25) is 0 Å². The van der Waals surface area contributed by atoms with Crippen LogP contribution >= 0.6 is 0 Å². The Morgan fingerprint density at radius 2 is 1.95 bits per heavy atom. The molecule has 0 bridgehead atoms. The third-order valence-corrected chi connectivity index (χ3v) is 3.26. The zero-order valence-corrected chi connectivity index (χ0v) is 12.8. The molecule has 1 heterocycles. The maximum atomic E-state index is 5.93. The molecule has 1 N–H and O–H groups in total. The fourth-order valence-corrected chi connectivity index (χ4v) is 2.19.